The van der Waals surface area contributed by atoms with Crippen LogP contribution in [0, 0.1) is 13.8 Å². The summed E-state index contributed by atoms with van der Waals surface area (Å²) in [6, 6.07) is 17.7. The molecule has 1 amide bonds. The topological polar surface area (TPSA) is 89.3 Å². The molecule has 7 nitrogen and oxygen atoms in total. The molecule has 3 aromatic carbocycles. The molecule has 0 radical (unpaired) electrons. The Morgan fingerprint density at radius 2 is 1.86 bits per heavy atom. The Bertz CT molecular complexity index is 1540. The molecule has 9 heteroatoms. The van der Waals surface area contributed by atoms with Crippen LogP contribution in [0.3, 0.4) is 0 Å². The second-order valence-electron chi connectivity index (χ2n) is 8.19. The van der Waals surface area contributed by atoms with Crippen LogP contribution >= 0.6 is 23.1 Å². The molecule has 2 N–H and O–H groups in total. The van der Waals surface area contributed by atoms with Crippen molar-refractivity contribution in [2.75, 3.05) is 17.7 Å². The molecule has 5 aromatic rings. The molecular formula is C26H24N4O3S2. The van der Waals surface area contributed by atoms with E-state index >= 15 is 0 Å². The monoisotopic (exact) mass is 504 g/mol. The van der Waals surface area contributed by atoms with Crippen molar-refractivity contribution >= 4 is 67.5 Å². The lowest BCUT2D eigenvalue weighted by Gasteiger charge is -2.13. The van der Waals surface area contributed by atoms with Crippen LogP contribution in [0.1, 0.15) is 18.1 Å². The molecule has 0 fully saturated rings. The van der Waals surface area contributed by atoms with Crippen LogP contribution < -0.4 is 15.4 Å². The number of nitrogens with one attached hydrogen (secondary N) is 2. The quantitative estimate of drug-likeness (QED) is 0.232. The van der Waals surface area contributed by atoms with Gasteiger partial charge in [0.25, 0.3) is 0 Å². The van der Waals surface area contributed by atoms with Crippen molar-refractivity contribution in [2.24, 2.45) is 0 Å². The lowest BCUT2D eigenvalue weighted by molar-refractivity contribution is -0.115. The summed E-state index contributed by atoms with van der Waals surface area (Å²) in [5, 5.41) is 16.9. The summed E-state index contributed by atoms with van der Waals surface area (Å²) in [4.78, 5) is 13.0. The number of benzene rings is 3. The second-order valence-corrected chi connectivity index (χ2v) is 10.8. The first-order chi connectivity index (χ1) is 16.9. The average molecular weight is 505 g/mol. The number of hydrogen-bond acceptors (Lipinski definition) is 8. The Kier molecular flexibility index (Phi) is 6.36. The predicted octanol–water partition coefficient (Wildman–Crippen LogP) is 6.93. The first-order valence-electron chi connectivity index (χ1n) is 11.1. The molecule has 5 rings (SSSR count). The third-order valence-corrected chi connectivity index (χ3v) is 7.79. The number of furan rings is 1. The molecule has 35 heavy (non-hydrogen) atoms. The van der Waals surface area contributed by atoms with Gasteiger partial charge in [0.15, 0.2) is 4.34 Å². The fourth-order valence-corrected chi connectivity index (χ4v) is 5.62. The van der Waals surface area contributed by atoms with Gasteiger partial charge in [0, 0.05) is 22.5 Å². The van der Waals surface area contributed by atoms with Crippen molar-refractivity contribution in [1.82, 2.24) is 10.2 Å². The van der Waals surface area contributed by atoms with Crippen LogP contribution in [0.4, 0.5) is 16.5 Å². The molecule has 0 bridgehead atoms. The Morgan fingerprint density at radius 1 is 1.03 bits per heavy atom. The first-order valence-corrected chi connectivity index (χ1v) is 12.8. The van der Waals surface area contributed by atoms with E-state index in [0.29, 0.717) is 26.5 Å². The van der Waals surface area contributed by atoms with E-state index in [2.05, 4.69) is 46.8 Å². The van der Waals surface area contributed by atoms with Crippen LogP contribution in [0.5, 0.6) is 5.75 Å². The zero-order valence-electron chi connectivity index (χ0n) is 19.7. The van der Waals surface area contributed by atoms with Gasteiger partial charge in [-0.2, -0.15) is 0 Å². The molecule has 0 aliphatic rings. The molecule has 0 saturated carbocycles. The first kappa shape index (κ1) is 23.2. The number of carbonyl (C=O) groups is 1. The lowest BCUT2D eigenvalue weighted by atomic mass is 10.1. The normalized spacial score (nSPS) is 12.1. The van der Waals surface area contributed by atoms with Crippen molar-refractivity contribution in [2.45, 2.75) is 30.4 Å². The number of methoxy groups -OCH3 is 1. The van der Waals surface area contributed by atoms with Crippen molar-refractivity contribution in [1.29, 1.82) is 0 Å². The number of nitrogens with zero attached hydrogens (tertiary/aromatic N) is 2. The van der Waals surface area contributed by atoms with Crippen LogP contribution in [-0.2, 0) is 4.79 Å². The Balaban J connectivity index is 1.28. The van der Waals surface area contributed by atoms with Gasteiger partial charge in [-0.15, -0.1) is 10.2 Å². The molecule has 2 heterocycles. The predicted molar refractivity (Wildman–Crippen MR) is 143 cm³/mol. The molecular weight excluding hydrogens is 480 g/mol. The largest absolute Gasteiger partial charge is 0.495 e. The van der Waals surface area contributed by atoms with E-state index in [1.807, 2.05) is 43.3 Å². The summed E-state index contributed by atoms with van der Waals surface area (Å²) in [5.41, 5.74) is 5.44. The molecule has 2 aromatic heterocycles. The van der Waals surface area contributed by atoms with E-state index in [1.54, 1.807) is 13.2 Å². The standard InChI is InChI=1S/C26H24N4O3S2/c1-14-9-10-17(11-15(14)2)27-25-29-30-26(35-25)34-16(3)24(31)28-20-13-22-19(12-23(20)32-4)18-7-5-6-8-21(18)33-22/h5-13,16H,1-4H3,(H,27,29)(H,28,31)/t16-/m0/s1. The molecule has 0 aliphatic carbocycles. The Labute approximate surface area is 210 Å². The van der Waals surface area contributed by atoms with Gasteiger partial charge in [-0.05, 0) is 56.2 Å². The highest BCUT2D eigenvalue weighted by molar-refractivity contribution is 8.02. The minimum absolute atomic E-state index is 0.164. The Morgan fingerprint density at radius 3 is 2.66 bits per heavy atom. The fourth-order valence-electron chi connectivity index (χ4n) is 3.71. The minimum Gasteiger partial charge on any atom is -0.495 e. The SMILES string of the molecule is COc1cc2c(cc1NC(=O)[C@H](C)Sc1nnc(Nc3ccc(C)c(C)c3)s1)oc1ccccc12. The maximum absolute atomic E-state index is 13.0. The van der Waals surface area contributed by atoms with Gasteiger partial charge in [-0.1, -0.05) is 47.4 Å². The number of rotatable bonds is 7. The number of ether oxygens (including phenoxy) is 1. The fraction of sp³-hybridized carbons (Fsp3) is 0.192. The number of amides is 1. The third-order valence-electron chi connectivity index (χ3n) is 5.77. The summed E-state index contributed by atoms with van der Waals surface area (Å²) in [5.74, 6) is 0.410. The number of aromatic nitrogens is 2. The summed E-state index contributed by atoms with van der Waals surface area (Å²) >= 11 is 2.77. The molecule has 0 unspecified atom stereocenters. The molecule has 0 aliphatic heterocycles. The van der Waals surface area contributed by atoms with E-state index in [4.69, 9.17) is 9.15 Å². The van der Waals surface area contributed by atoms with E-state index in [-0.39, 0.29) is 5.91 Å². The smallest absolute Gasteiger partial charge is 0.237 e. The van der Waals surface area contributed by atoms with Crippen molar-refractivity contribution in [3.8, 4) is 5.75 Å². The second kappa shape index (κ2) is 9.59. The van der Waals surface area contributed by atoms with Crippen molar-refractivity contribution < 1.29 is 13.9 Å². The number of carbonyl (C=O) groups excluding carboxylic acids is 1. The van der Waals surface area contributed by atoms with Crippen molar-refractivity contribution in [3.05, 3.63) is 65.7 Å². The van der Waals surface area contributed by atoms with E-state index in [1.165, 1.54) is 34.2 Å². The van der Waals surface area contributed by atoms with Gasteiger partial charge in [0.05, 0.1) is 18.0 Å². The zero-order chi connectivity index (χ0) is 24.5. The van der Waals surface area contributed by atoms with Crippen LogP contribution in [0.2, 0.25) is 0 Å². The van der Waals surface area contributed by atoms with E-state index in [0.717, 1.165) is 22.0 Å². The number of hydrogen-bond donors (Lipinski definition) is 2. The van der Waals surface area contributed by atoms with Gasteiger partial charge in [-0.25, -0.2) is 0 Å². The molecule has 0 spiro atoms. The van der Waals surface area contributed by atoms with E-state index < -0.39 is 5.25 Å². The van der Waals surface area contributed by atoms with Gasteiger partial charge in [-0.3, -0.25) is 4.79 Å². The van der Waals surface area contributed by atoms with Gasteiger partial charge < -0.3 is 19.8 Å². The summed E-state index contributed by atoms with van der Waals surface area (Å²) in [7, 11) is 1.59. The third kappa shape index (κ3) is 4.82. The van der Waals surface area contributed by atoms with Gasteiger partial charge in [0.2, 0.25) is 11.0 Å². The van der Waals surface area contributed by atoms with Gasteiger partial charge in [0.1, 0.15) is 16.9 Å². The highest BCUT2D eigenvalue weighted by atomic mass is 32.2. The number of fused-ring (bicyclic) bond motifs is 3. The lowest BCUT2D eigenvalue weighted by Crippen LogP contribution is -2.22. The van der Waals surface area contributed by atoms with Crippen LogP contribution in [0.25, 0.3) is 21.9 Å². The highest BCUT2D eigenvalue weighted by Gasteiger charge is 2.20. The van der Waals surface area contributed by atoms with Gasteiger partial charge >= 0.3 is 0 Å². The minimum atomic E-state index is -0.395. The highest BCUT2D eigenvalue weighted by Crippen LogP contribution is 2.37. The number of anilines is 3. The zero-order valence-corrected chi connectivity index (χ0v) is 21.3. The maximum atomic E-state index is 13.0. The number of para-hydroxylation sites is 1. The van der Waals surface area contributed by atoms with E-state index in [9.17, 15) is 4.79 Å². The van der Waals surface area contributed by atoms with Crippen molar-refractivity contribution in [3.63, 3.8) is 0 Å². The molecule has 1 atom stereocenters. The van der Waals surface area contributed by atoms with Crippen LogP contribution in [-0.4, -0.2) is 28.5 Å². The number of thioether (sulfide) groups is 1. The summed E-state index contributed by atoms with van der Waals surface area (Å²) < 4.78 is 12.2. The Hall–Kier alpha value is -3.56. The molecule has 178 valence electrons. The molecule has 0 saturated heterocycles. The summed E-state index contributed by atoms with van der Waals surface area (Å²) in [6.07, 6.45) is 0. The van der Waals surface area contributed by atoms with Crippen LogP contribution in [0.15, 0.2) is 63.4 Å². The number of aryl methyl sites for hydroxylation is 2. The maximum Gasteiger partial charge on any atom is 0.237 e. The summed E-state index contributed by atoms with van der Waals surface area (Å²) in [6.45, 7) is 5.99. The average Bonchev–Trinajstić information content (AvgIpc) is 3.44.